The molecule has 0 spiro atoms. The van der Waals surface area contributed by atoms with Crippen LogP contribution in [-0.2, 0) is 9.59 Å². The number of Topliss-reactive ketones (excluding diaryl/α,β-unsaturated/α-hetero) is 1. The first-order chi connectivity index (χ1) is 16.5. The van der Waals surface area contributed by atoms with E-state index in [4.69, 9.17) is 0 Å². The number of carbonyl (C=O) groups excluding carboxylic acids is 2. The molecule has 5 nitrogen and oxygen atoms in total. The zero-order chi connectivity index (χ0) is 24.5. The van der Waals surface area contributed by atoms with Crippen LogP contribution in [0.5, 0.6) is 0 Å². The molecule has 0 aliphatic carbocycles. The summed E-state index contributed by atoms with van der Waals surface area (Å²) in [6.07, 6.45) is 5.17. The summed E-state index contributed by atoms with van der Waals surface area (Å²) in [7, 11) is 0. The van der Waals surface area contributed by atoms with Crippen molar-refractivity contribution in [2.24, 2.45) is 0 Å². The van der Waals surface area contributed by atoms with Crippen LogP contribution < -0.4 is 0 Å². The topological polar surface area (TPSA) is 60.9 Å². The highest BCUT2D eigenvalue weighted by atomic mass is 19.1. The average Bonchev–Trinajstić information content (AvgIpc) is 3.10. The van der Waals surface area contributed by atoms with Crippen LogP contribution in [0.1, 0.15) is 63.1 Å². The maximum absolute atomic E-state index is 14.1. The molecule has 1 amide bonds. The third-order valence-electron chi connectivity index (χ3n) is 6.28. The Morgan fingerprint density at radius 3 is 2.21 bits per heavy atom. The molecule has 1 N–H and O–H groups in total. The van der Waals surface area contributed by atoms with Gasteiger partial charge in [-0.25, -0.2) is 4.39 Å². The molecule has 2 aromatic rings. The molecule has 6 heteroatoms. The van der Waals surface area contributed by atoms with Crippen molar-refractivity contribution in [2.45, 2.75) is 52.0 Å². The molecule has 0 aromatic heterocycles. The minimum atomic E-state index is -0.823. The number of amides is 1. The number of carbonyl (C=O) groups is 2. The summed E-state index contributed by atoms with van der Waals surface area (Å²) in [5.74, 6) is -2.07. The third kappa shape index (κ3) is 6.11. The highest BCUT2D eigenvalue weighted by molar-refractivity contribution is 6.46. The lowest BCUT2D eigenvalue weighted by atomic mass is 9.95. The second kappa shape index (κ2) is 12.5. The van der Waals surface area contributed by atoms with Crippen LogP contribution in [-0.4, -0.2) is 52.8 Å². The number of hydrogen-bond donors (Lipinski definition) is 1. The Bertz CT molecular complexity index is 998. The van der Waals surface area contributed by atoms with Gasteiger partial charge in [-0.1, -0.05) is 69.2 Å². The van der Waals surface area contributed by atoms with Gasteiger partial charge >= 0.3 is 0 Å². The molecule has 0 bridgehead atoms. The number of aliphatic hydroxyl groups excluding tert-OH is 1. The number of halogens is 1. The zero-order valence-corrected chi connectivity index (χ0v) is 20.2. The highest BCUT2D eigenvalue weighted by Gasteiger charge is 2.45. The quantitative estimate of drug-likeness (QED) is 0.253. The Hall–Kier alpha value is -2.99. The molecule has 3 rings (SSSR count). The summed E-state index contributed by atoms with van der Waals surface area (Å²) in [6.45, 7) is 7.53. The fourth-order valence-electron chi connectivity index (χ4n) is 4.45. The fourth-order valence-corrected chi connectivity index (χ4v) is 4.45. The standard InChI is InChI=1S/C28H35FN2O3/c1-3-5-16-30(17-6-4-2)18-11-19-31-25(22-14-10-15-23(29)20-22)24(27(33)28(31)34)26(32)21-12-8-7-9-13-21/h7-10,12-15,20,25,32H,3-6,11,16-19H2,1-2H3/t25-/m0/s1. The van der Waals surface area contributed by atoms with E-state index in [-0.39, 0.29) is 11.3 Å². The van der Waals surface area contributed by atoms with Gasteiger partial charge in [0.05, 0.1) is 11.6 Å². The molecule has 2 aromatic carbocycles. The first-order valence-corrected chi connectivity index (χ1v) is 12.3. The van der Waals surface area contributed by atoms with E-state index in [1.807, 2.05) is 6.07 Å². The molecule has 1 atom stereocenters. The van der Waals surface area contributed by atoms with Crippen molar-refractivity contribution in [1.82, 2.24) is 9.80 Å². The Morgan fingerprint density at radius 1 is 0.941 bits per heavy atom. The number of aliphatic hydroxyl groups is 1. The van der Waals surface area contributed by atoms with Crippen LogP contribution in [0.4, 0.5) is 4.39 Å². The second-order valence-electron chi connectivity index (χ2n) is 8.82. The lowest BCUT2D eigenvalue weighted by Gasteiger charge is -2.27. The molecule has 0 radical (unpaired) electrons. The van der Waals surface area contributed by atoms with Crippen molar-refractivity contribution in [2.75, 3.05) is 26.2 Å². The third-order valence-corrected chi connectivity index (χ3v) is 6.28. The Balaban J connectivity index is 1.89. The molecule has 182 valence electrons. The normalized spacial score (nSPS) is 17.6. The van der Waals surface area contributed by atoms with E-state index < -0.39 is 23.5 Å². The van der Waals surface area contributed by atoms with Gasteiger partial charge in [0.1, 0.15) is 11.6 Å². The molecule has 1 aliphatic heterocycles. The van der Waals surface area contributed by atoms with Crippen molar-refractivity contribution in [3.05, 3.63) is 77.1 Å². The molecule has 1 fully saturated rings. The Morgan fingerprint density at radius 2 is 1.59 bits per heavy atom. The van der Waals surface area contributed by atoms with Gasteiger partial charge in [0.25, 0.3) is 11.7 Å². The van der Waals surface area contributed by atoms with Crippen molar-refractivity contribution in [3.63, 3.8) is 0 Å². The van der Waals surface area contributed by atoms with E-state index in [1.54, 1.807) is 36.4 Å². The smallest absolute Gasteiger partial charge is 0.295 e. The van der Waals surface area contributed by atoms with Crippen LogP contribution in [0.25, 0.3) is 5.76 Å². The summed E-state index contributed by atoms with van der Waals surface area (Å²) in [5, 5.41) is 11.0. The van der Waals surface area contributed by atoms with E-state index in [2.05, 4.69) is 18.7 Å². The van der Waals surface area contributed by atoms with Crippen LogP contribution in [0.2, 0.25) is 0 Å². The lowest BCUT2D eigenvalue weighted by Crippen LogP contribution is -2.34. The Labute approximate surface area is 201 Å². The summed E-state index contributed by atoms with van der Waals surface area (Å²) < 4.78 is 14.1. The molecule has 1 heterocycles. The highest BCUT2D eigenvalue weighted by Crippen LogP contribution is 2.39. The maximum Gasteiger partial charge on any atom is 0.295 e. The maximum atomic E-state index is 14.1. The molecular formula is C28H35FN2O3. The molecule has 1 saturated heterocycles. The number of hydrogen-bond acceptors (Lipinski definition) is 4. The summed E-state index contributed by atoms with van der Waals surface area (Å²) >= 11 is 0. The van der Waals surface area contributed by atoms with Gasteiger partial charge in [-0.2, -0.15) is 0 Å². The molecule has 0 saturated carbocycles. The van der Waals surface area contributed by atoms with Crippen LogP contribution in [0, 0.1) is 5.82 Å². The number of benzene rings is 2. The fraction of sp³-hybridized carbons (Fsp3) is 0.429. The monoisotopic (exact) mass is 466 g/mol. The largest absolute Gasteiger partial charge is 0.507 e. The molecule has 1 aliphatic rings. The number of rotatable bonds is 12. The van der Waals surface area contributed by atoms with E-state index in [0.717, 1.165) is 45.3 Å². The first-order valence-electron chi connectivity index (χ1n) is 12.3. The number of unbranched alkanes of at least 4 members (excludes halogenated alkanes) is 2. The van der Waals surface area contributed by atoms with Crippen LogP contribution in [0.15, 0.2) is 60.2 Å². The van der Waals surface area contributed by atoms with E-state index in [9.17, 15) is 19.1 Å². The van der Waals surface area contributed by atoms with E-state index in [0.29, 0.717) is 24.1 Å². The van der Waals surface area contributed by atoms with Crippen LogP contribution in [0.3, 0.4) is 0 Å². The van der Waals surface area contributed by atoms with Gasteiger partial charge in [-0.3, -0.25) is 9.59 Å². The van der Waals surface area contributed by atoms with E-state index >= 15 is 0 Å². The van der Waals surface area contributed by atoms with Crippen molar-refractivity contribution in [3.8, 4) is 0 Å². The summed E-state index contributed by atoms with van der Waals surface area (Å²) in [6, 6.07) is 13.8. The summed E-state index contributed by atoms with van der Waals surface area (Å²) in [5.41, 5.74) is 0.938. The van der Waals surface area contributed by atoms with Crippen LogP contribution >= 0.6 is 0 Å². The van der Waals surface area contributed by atoms with E-state index in [1.165, 1.54) is 17.0 Å². The lowest BCUT2D eigenvalue weighted by molar-refractivity contribution is -0.140. The minimum Gasteiger partial charge on any atom is -0.507 e. The second-order valence-corrected chi connectivity index (χ2v) is 8.82. The first kappa shape index (κ1) is 25.6. The summed E-state index contributed by atoms with van der Waals surface area (Å²) in [4.78, 5) is 30.0. The van der Waals surface area contributed by atoms with Gasteiger partial charge < -0.3 is 14.9 Å². The average molecular weight is 467 g/mol. The van der Waals surface area contributed by atoms with Gasteiger partial charge in [-0.05, 0) is 56.6 Å². The van der Waals surface area contributed by atoms with Gasteiger partial charge in [-0.15, -0.1) is 0 Å². The Kier molecular flexibility index (Phi) is 9.40. The molecule has 0 unspecified atom stereocenters. The van der Waals surface area contributed by atoms with Gasteiger partial charge in [0.2, 0.25) is 0 Å². The van der Waals surface area contributed by atoms with Crippen molar-refractivity contribution < 1.29 is 19.1 Å². The zero-order valence-electron chi connectivity index (χ0n) is 20.2. The number of nitrogens with zero attached hydrogens (tertiary/aromatic N) is 2. The van der Waals surface area contributed by atoms with Crippen molar-refractivity contribution in [1.29, 1.82) is 0 Å². The molecule has 34 heavy (non-hydrogen) atoms. The molecular weight excluding hydrogens is 431 g/mol. The predicted molar refractivity (Wildman–Crippen MR) is 133 cm³/mol. The minimum absolute atomic E-state index is 0.00984. The van der Waals surface area contributed by atoms with Crippen molar-refractivity contribution >= 4 is 17.4 Å². The van der Waals surface area contributed by atoms with Gasteiger partial charge in [0.15, 0.2) is 0 Å². The number of likely N-dealkylation sites (tertiary alicyclic amines) is 1. The predicted octanol–water partition coefficient (Wildman–Crippen LogP) is 5.54. The number of ketones is 1. The SMILES string of the molecule is CCCCN(CCCC)CCCN1C(=O)C(=O)C(=C(O)c2ccccc2)[C@@H]1c1cccc(F)c1. The van der Waals surface area contributed by atoms with Gasteiger partial charge in [0, 0.05) is 12.1 Å².